The van der Waals surface area contributed by atoms with Crippen LogP contribution in [0.5, 0.6) is 0 Å². The summed E-state index contributed by atoms with van der Waals surface area (Å²) in [6.07, 6.45) is 3.20. The van der Waals surface area contributed by atoms with Gasteiger partial charge < -0.3 is 9.73 Å². The largest absolute Gasteiger partial charge is 0.442 e. The fourth-order valence-corrected chi connectivity index (χ4v) is 2.65. The number of furan rings is 1. The normalized spacial score (nSPS) is 11.2. The summed E-state index contributed by atoms with van der Waals surface area (Å²) < 4.78 is 6.31. The molecule has 1 amide bonds. The number of anilines is 1. The summed E-state index contributed by atoms with van der Waals surface area (Å²) in [6, 6.07) is 15.1. The number of carbonyl (C=O) groups is 1. The predicted molar refractivity (Wildman–Crippen MR) is 93.0 cm³/mol. The van der Waals surface area contributed by atoms with Crippen molar-refractivity contribution in [3.05, 3.63) is 69.9 Å². The topological polar surface area (TPSA) is 42.2 Å². The summed E-state index contributed by atoms with van der Waals surface area (Å²) >= 11 is 9.45. The van der Waals surface area contributed by atoms with Gasteiger partial charge in [0.1, 0.15) is 11.3 Å². The zero-order chi connectivity index (χ0) is 15.5. The number of fused-ring (bicyclic) bond motifs is 1. The lowest BCUT2D eigenvalue weighted by atomic mass is 10.2. The first kappa shape index (κ1) is 14.9. The van der Waals surface area contributed by atoms with Gasteiger partial charge in [0.25, 0.3) is 0 Å². The molecule has 0 unspecified atom stereocenters. The van der Waals surface area contributed by atoms with E-state index < -0.39 is 0 Å². The summed E-state index contributed by atoms with van der Waals surface area (Å²) in [6.45, 7) is 0. The van der Waals surface area contributed by atoms with E-state index >= 15 is 0 Å². The maximum absolute atomic E-state index is 12.1. The summed E-state index contributed by atoms with van der Waals surface area (Å²) in [5.74, 6) is -0.270. The Morgan fingerprint density at radius 2 is 1.95 bits per heavy atom. The summed E-state index contributed by atoms with van der Waals surface area (Å²) in [4.78, 5) is 12.1. The third kappa shape index (κ3) is 3.24. The standard InChI is InChI=1S/C17H11BrClNO2/c18-12-7-8-14-13(10-12)16(17(19)22-14)20-15(21)9-6-11-4-2-1-3-5-11/h1-10H,(H,20,21). The highest BCUT2D eigenvalue weighted by molar-refractivity contribution is 9.10. The Balaban J connectivity index is 1.84. The van der Waals surface area contributed by atoms with Crippen molar-refractivity contribution in [1.29, 1.82) is 0 Å². The molecule has 0 fully saturated rings. The molecule has 0 saturated carbocycles. The van der Waals surface area contributed by atoms with Gasteiger partial charge in [-0.3, -0.25) is 4.79 Å². The number of benzene rings is 2. The fourth-order valence-electron chi connectivity index (χ4n) is 2.06. The van der Waals surface area contributed by atoms with Crippen molar-refractivity contribution < 1.29 is 9.21 Å². The second kappa shape index (κ2) is 6.38. The minimum atomic E-state index is -0.270. The zero-order valence-electron chi connectivity index (χ0n) is 11.3. The molecule has 110 valence electrons. The molecule has 22 heavy (non-hydrogen) atoms. The van der Waals surface area contributed by atoms with E-state index in [9.17, 15) is 4.79 Å². The molecular formula is C17H11BrClNO2. The van der Waals surface area contributed by atoms with Crippen LogP contribution in [0.15, 0.2) is 63.5 Å². The molecule has 3 aromatic rings. The number of amides is 1. The van der Waals surface area contributed by atoms with Crippen molar-refractivity contribution in [3.63, 3.8) is 0 Å². The van der Waals surface area contributed by atoms with Crippen molar-refractivity contribution in [2.45, 2.75) is 0 Å². The molecule has 3 rings (SSSR count). The first-order valence-electron chi connectivity index (χ1n) is 6.55. The molecule has 2 aromatic carbocycles. The van der Waals surface area contributed by atoms with E-state index in [1.165, 1.54) is 6.08 Å². The number of hydrogen-bond acceptors (Lipinski definition) is 2. The monoisotopic (exact) mass is 375 g/mol. The van der Waals surface area contributed by atoms with Crippen molar-refractivity contribution in [2.75, 3.05) is 5.32 Å². The van der Waals surface area contributed by atoms with E-state index in [-0.39, 0.29) is 11.1 Å². The van der Waals surface area contributed by atoms with Gasteiger partial charge in [0, 0.05) is 15.9 Å². The van der Waals surface area contributed by atoms with Crippen LogP contribution in [0.4, 0.5) is 5.69 Å². The molecule has 0 aliphatic rings. The smallest absolute Gasteiger partial charge is 0.248 e. The quantitative estimate of drug-likeness (QED) is 0.613. The van der Waals surface area contributed by atoms with E-state index in [0.29, 0.717) is 11.3 Å². The Bertz CT molecular complexity index is 856. The van der Waals surface area contributed by atoms with Crippen molar-refractivity contribution >= 4 is 56.2 Å². The Morgan fingerprint density at radius 3 is 2.73 bits per heavy atom. The number of rotatable bonds is 3. The first-order valence-corrected chi connectivity index (χ1v) is 7.72. The van der Waals surface area contributed by atoms with E-state index in [1.54, 1.807) is 12.1 Å². The van der Waals surface area contributed by atoms with Crippen LogP contribution in [-0.4, -0.2) is 5.91 Å². The van der Waals surface area contributed by atoms with Crippen LogP contribution in [-0.2, 0) is 4.79 Å². The molecule has 0 radical (unpaired) electrons. The molecule has 1 aromatic heterocycles. The van der Waals surface area contributed by atoms with Gasteiger partial charge >= 0.3 is 0 Å². The van der Waals surface area contributed by atoms with Crippen LogP contribution in [0, 0.1) is 0 Å². The maximum atomic E-state index is 12.1. The Hall–Kier alpha value is -2.04. The maximum Gasteiger partial charge on any atom is 0.248 e. The van der Waals surface area contributed by atoms with Gasteiger partial charge in [-0.25, -0.2) is 0 Å². The number of hydrogen-bond donors (Lipinski definition) is 1. The molecule has 0 aliphatic carbocycles. The zero-order valence-corrected chi connectivity index (χ0v) is 13.7. The van der Waals surface area contributed by atoms with Crippen molar-refractivity contribution in [1.82, 2.24) is 0 Å². The van der Waals surface area contributed by atoms with Crippen LogP contribution in [0.25, 0.3) is 17.0 Å². The van der Waals surface area contributed by atoms with Gasteiger partial charge in [-0.15, -0.1) is 0 Å². The lowest BCUT2D eigenvalue weighted by molar-refractivity contribution is -0.111. The molecule has 0 saturated heterocycles. The lowest BCUT2D eigenvalue weighted by Gasteiger charge is -2.00. The second-order valence-electron chi connectivity index (χ2n) is 4.62. The molecule has 0 bridgehead atoms. The van der Waals surface area contributed by atoms with Crippen LogP contribution in [0.2, 0.25) is 5.22 Å². The molecule has 1 heterocycles. The van der Waals surface area contributed by atoms with Crippen LogP contribution >= 0.6 is 27.5 Å². The Morgan fingerprint density at radius 1 is 1.18 bits per heavy atom. The second-order valence-corrected chi connectivity index (χ2v) is 5.88. The summed E-state index contributed by atoms with van der Waals surface area (Å²) in [5.41, 5.74) is 2.04. The van der Waals surface area contributed by atoms with E-state index in [0.717, 1.165) is 15.4 Å². The van der Waals surface area contributed by atoms with Gasteiger partial charge in [0.2, 0.25) is 11.1 Å². The molecule has 0 aliphatic heterocycles. The first-order chi connectivity index (χ1) is 10.6. The number of halogens is 2. The van der Waals surface area contributed by atoms with Crippen LogP contribution < -0.4 is 5.32 Å². The third-order valence-corrected chi connectivity index (χ3v) is 3.84. The Kier molecular flexibility index (Phi) is 4.32. The van der Waals surface area contributed by atoms with Crippen LogP contribution in [0.1, 0.15) is 5.56 Å². The van der Waals surface area contributed by atoms with Gasteiger partial charge in [0.15, 0.2) is 0 Å². The minimum absolute atomic E-state index is 0.162. The molecule has 3 nitrogen and oxygen atoms in total. The van der Waals surface area contributed by atoms with Crippen molar-refractivity contribution in [3.8, 4) is 0 Å². The summed E-state index contributed by atoms with van der Waals surface area (Å²) in [7, 11) is 0. The predicted octanol–water partition coefficient (Wildman–Crippen LogP) is 5.50. The number of nitrogens with one attached hydrogen (secondary N) is 1. The average Bonchev–Trinajstić information content (AvgIpc) is 2.82. The van der Waals surface area contributed by atoms with Gasteiger partial charge in [-0.1, -0.05) is 46.3 Å². The van der Waals surface area contributed by atoms with E-state index in [2.05, 4.69) is 21.2 Å². The lowest BCUT2D eigenvalue weighted by Crippen LogP contribution is -2.07. The van der Waals surface area contributed by atoms with Gasteiger partial charge in [0.05, 0.1) is 0 Å². The Labute approximate surface area is 140 Å². The van der Waals surface area contributed by atoms with Crippen LogP contribution in [0.3, 0.4) is 0 Å². The van der Waals surface area contributed by atoms with E-state index in [1.807, 2.05) is 42.5 Å². The summed E-state index contributed by atoms with van der Waals surface area (Å²) in [5, 5.41) is 3.67. The highest BCUT2D eigenvalue weighted by Gasteiger charge is 2.14. The average molecular weight is 377 g/mol. The highest BCUT2D eigenvalue weighted by atomic mass is 79.9. The SMILES string of the molecule is O=C(C=Cc1ccccc1)Nc1c(Cl)oc2ccc(Br)cc12. The van der Waals surface area contributed by atoms with Gasteiger partial charge in [-0.05, 0) is 41.4 Å². The number of carbonyl (C=O) groups excluding carboxylic acids is 1. The van der Waals surface area contributed by atoms with Gasteiger partial charge in [-0.2, -0.15) is 0 Å². The minimum Gasteiger partial charge on any atom is -0.442 e. The van der Waals surface area contributed by atoms with E-state index in [4.69, 9.17) is 16.0 Å². The molecular weight excluding hydrogens is 366 g/mol. The van der Waals surface area contributed by atoms with Crippen molar-refractivity contribution in [2.24, 2.45) is 0 Å². The highest BCUT2D eigenvalue weighted by Crippen LogP contribution is 2.36. The molecule has 1 N–H and O–H groups in total. The fraction of sp³-hybridized carbons (Fsp3) is 0. The third-order valence-electron chi connectivity index (χ3n) is 3.08. The molecule has 0 spiro atoms. The molecule has 0 atom stereocenters. The molecule has 5 heteroatoms.